The minimum absolute atomic E-state index is 0.144. The number of nitrogens with zero attached hydrogens (tertiary/aromatic N) is 1. The fourth-order valence-corrected chi connectivity index (χ4v) is 3.43. The van der Waals surface area contributed by atoms with Gasteiger partial charge in [-0.3, -0.25) is 9.69 Å². The minimum Gasteiger partial charge on any atom is -0.465 e. The molecular weight excluding hydrogens is 429 g/mol. The van der Waals surface area contributed by atoms with E-state index >= 15 is 0 Å². The number of esters is 2. The summed E-state index contributed by atoms with van der Waals surface area (Å²) in [5.41, 5.74) is 2.15. The summed E-state index contributed by atoms with van der Waals surface area (Å²) in [4.78, 5) is 38.7. The van der Waals surface area contributed by atoms with Crippen molar-refractivity contribution in [2.24, 2.45) is 0 Å². The zero-order valence-corrected chi connectivity index (χ0v) is 17.9. The highest BCUT2D eigenvalue weighted by Gasteiger charge is 2.38. The van der Waals surface area contributed by atoms with Crippen molar-refractivity contribution < 1.29 is 23.9 Å². The van der Waals surface area contributed by atoms with Crippen LogP contribution in [0.4, 0.5) is 5.69 Å². The molecule has 0 saturated carbocycles. The number of benzene rings is 2. The maximum Gasteiger partial charge on any atom is 0.340 e. The van der Waals surface area contributed by atoms with Crippen molar-refractivity contribution in [3.8, 4) is 0 Å². The van der Waals surface area contributed by atoms with Gasteiger partial charge in [0.05, 0.1) is 41.0 Å². The summed E-state index contributed by atoms with van der Waals surface area (Å²) in [7, 11) is 2.54. The minimum atomic E-state index is -0.638. The number of methoxy groups -OCH3 is 2. The maximum atomic E-state index is 13.2. The van der Waals surface area contributed by atoms with Crippen LogP contribution in [-0.2, 0) is 19.1 Å². The topological polar surface area (TPSA) is 72.9 Å². The first-order valence-corrected chi connectivity index (χ1v) is 9.53. The van der Waals surface area contributed by atoms with Crippen molar-refractivity contribution in [3.05, 3.63) is 80.5 Å². The van der Waals surface area contributed by atoms with Crippen LogP contribution < -0.4 is 4.90 Å². The number of carbonyl (C=O) groups excluding carboxylic acids is 3. The molecule has 1 amide bonds. The molecule has 8 heteroatoms. The highest BCUT2D eigenvalue weighted by molar-refractivity contribution is 6.42. The van der Waals surface area contributed by atoms with Crippen molar-refractivity contribution >= 4 is 52.8 Å². The Hall–Kier alpha value is -3.09. The Morgan fingerprint density at radius 1 is 0.933 bits per heavy atom. The van der Waals surface area contributed by atoms with Gasteiger partial charge < -0.3 is 9.47 Å². The van der Waals surface area contributed by atoms with E-state index in [2.05, 4.69) is 4.74 Å². The van der Waals surface area contributed by atoms with E-state index in [4.69, 9.17) is 27.9 Å². The molecule has 6 nitrogen and oxygen atoms in total. The second-order valence-corrected chi connectivity index (χ2v) is 7.18. The number of anilines is 1. The summed E-state index contributed by atoms with van der Waals surface area (Å²) < 4.78 is 9.58. The van der Waals surface area contributed by atoms with E-state index in [9.17, 15) is 14.4 Å². The van der Waals surface area contributed by atoms with Gasteiger partial charge in [0.15, 0.2) is 0 Å². The number of carbonyl (C=O) groups is 3. The van der Waals surface area contributed by atoms with Crippen LogP contribution in [0.3, 0.4) is 0 Å². The zero-order chi connectivity index (χ0) is 22.0. The predicted octanol–water partition coefficient (Wildman–Crippen LogP) is 4.66. The highest BCUT2D eigenvalue weighted by atomic mass is 35.5. The lowest BCUT2D eigenvalue weighted by atomic mass is 10.0. The quantitative estimate of drug-likeness (QED) is 0.505. The molecule has 2 aromatic rings. The molecular formula is C22H17Cl2NO5. The van der Waals surface area contributed by atoms with Gasteiger partial charge in [-0.1, -0.05) is 29.3 Å². The van der Waals surface area contributed by atoms with Gasteiger partial charge in [-0.15, -0.1) is 0 Å². The van der Waals surface area contributed by atoms with Crippen LogP contribution >= 0.6 is 23.2 Å². The van der Waals surface area contributed by atoms with Crippen molar-refractivity contribution in [1.29, 1.82) is 0 Å². The Labute approximate surface area is 183 Å². The van der Waals surface area contributed by atoms with Gasteiger partial charge in [0.1, 0.15) is 0 Å². The van der Waals surface area contributed by atoms with Crippen molar-refractivity contribution in [1.82, 2.24) is 0 Å². The Kier molecular flexibility index (Phi) is 6.29. The van der Waals surface area contributed by atoms with Gasteiger partial charge in [0, 0.05) is 11.4 Å². The summed E-state index contributed by atoms with van der Waals surface area (Å²) in [5.74, 6) is -1.54. The highest BCUT2D eigenvalue weighted by Crippen LogP contribution is 2.36. The molecule has 3 rings (SSSR count). The Bertz CT molecular complexity index is 1100. The van der Waals surface area contributed by atoms with Crippen LogP contribution in [-0.4, -0.2) is 32.1 Å². The Morgan fingerprint density at radius 3 is 2.13 bits per heavy atom. The second kappa shape index (κ2) is 8.73. The fourth-order valence-electron chi connectivity index (χ4n) is 3.12. The standard InChI is InChI=1S/C22H17Cl2NO5/c1-12-19(22(28)30-3)16(10-13-4-9-17(23)18(24)11-13)20(26)25(12)15-7-5-14(6-8-15)21(27)29-2/h4-11H,1-3H3. The molecule has 0 atom stereocenters. The van der Waals surface area contributed by atoms with Gasteiger partial charge >= 0.3 is 11.9 Å². The summed E-state index contributed by atoms with van der Waals surface area (Å²) >= 11 is 12.0. The monoisotopic (exact) mass is 445 g/mol. The first-order chi connectivity index (χ1) is 14.3. The van der Waals surface area contributed by atoms with Crippen LogP contribution in [0.15, 0.2) is 59.3 Å². The smallest absolute Gasteiger partial charge is 0.340 e. The van der Waals surface area contributed by atoms with Gasteiger partial charge in [-0.2, -0.15) is 0 Å². The largest absolute Gasteiger partial charge is 0.465 e. The third-order valence-corrected chi connectivity index (χ3v) is 5.33. The maximum absolute atomic E-state index is 13.2. The number of halogens is 2. The molecule has 1 heterocycles. The third-order valence-electron chi connectivity index (χ3n) is 4.59. The Morgan fingerprint density at radius 2 is 1.57 bits per heavy atom. The molecule has 1 aliphatic rings. The number of rotatable bonds is 4. The van der Waals surface area contributed by atoms with Gasteiger partial charge in [-0.25, -0.2) is 9.59 Å². The number of hydrogen-bond acceptors (Lipinski definition) is 5. The number of hydrogen-bond donors (Lipinski definition) is 0. The lowest BCUT2D eigenvalue weighted by Crippen LogP contribution is -2.24. The molecule has 0 unspecified atom stereocenters. The van der Waals surface area contributed by atoms with Crippen molar-refractivity contribution in [2.45, 2.75) is 6.92 Å². The molecule has 30 heavy (non-hydrogen) atoms. The molecule has 0 spiro atoms. The Balaban J connectivity index is 2.08. The van der Waals surface area contributed by atoms with Crippen LogP contribution in [0.1, 0.15) is 22.8 Å². The molecule has 2 aromatic carbocycles. The third kappa shape index (κ3) is 3.97. The lowest BCUT2D eigenvalue weighted by Gasteiger charge is -2.18. The molecule has 0 radical (unpaired) electrons. The molecule has 0 fully saturated rings. The summed E-state index contributed by atoms with van der Waals surface area (Å²) in [6.07, 6.45) is 1.56. The molecule has 0 N–H and O–H groups in total. The summed E-state index contributed by atoms with van der Waals surface area (Å²) in [6.45, 7) is 1.65. The molecule has 154 valence electrons. The average Bonchev–Trinajstić information content (AvgIpc) is 2.99. The first-order valence-electron chi connectivity index (χ1n) is 8.77. The van der Waals surface area contributed by atoms with Gasteiger partial charge in [0.25, 0.3) is 5.91 Å². The summed E-state index contributed by atoms with van der Waals surface area (Å²) in [5, 5.41) is 0.704. The molecule has 0 saturated heterocycles. The van der Waals surface area contributed by atoms with Crippen LogP contribution in [0.5, 0.6) is 0 Å². The van der Waals surface area contributed by atoms with E-state index in [1.165, 1.54) is 19.1 Å². The van der Waals surface area contributed by atoms with Crippen molar-refractivity contribution in [2.75, 3.05) is 19.1 Å². The predicted molar refractivity (Wildman–Crippen MR) is 114 cm³/mol. The van der Waals surface area contributed by atoms with E-state index in [0.29, 0.717) is 32.6 Å². The molecule has 1 aliphatic heterocycles. The van der Waals surface area contributed by atoms with E-state index in [-0.39, 0.29) is 11.1 Å². The van der Waals surface area contributed by atoms with E-state index in [1.54, 1.807) is 55.5 Å². The van der Waals surface area contributed by atoms with E-state index < -0.39 is 17.8 Å². The molecule has 0 bridgehead atoms. The zero-order valence-electron chi connectivity index (χ0n) is 16.4. The van der Waals surface area contributed by atoms with Crippen LogP contribution in [0, 0.1) is 0 Å². The van der Waals surface area contributed by atoms with Crippen molar-refractivity contribution in [3.63, 3.8) is 0 Å². The van der Waals surface area contributed by atoms with E-state index in [0.717, 1.165) is 0 Å². The normalized spacial score (nSPS) is 15.0. The SMILES string of the molecule is COC(=O)C1=C(C)N(c2ccc(C(=O)OC)cc2)C(=O)C1=Cc1ccc(Cl)c(Cl)c1. The van der Waals surface area contributed by atoms with Gasteiger partial charge in [0.2, 0.25) is 0 Å². The van der Waals surface area contributed by atoms with E-state index in [1.807, 2.05) is 0 Å². The molecule has 0 aliphatic carbocycles. The number of allylic oxidation sites excluding steroid dienone is 1. The first kappa shape index (κ1) is 21.6. The number of amides is 1. The fraction of sp³-hybridized carbons (Fsp3) is 0.136. The average molecular weight is 446 g/mol. The van der Waals surface area contributed by atoms with Crippen LogP contribution in [0.25, 0.3) is 6.08 Å². The lowest BCUT2D eigenvalue weighted by molar-refractivity contribution is -0.136. The van der Waals surface area contributed by atoms with Gasteiger partial charge in [-0.05, 0) is 55.0 Å². The second-order valence-electron chi connectivity index (χ2n) is 6.36. The van der Waals surface area contributed by atoms with Crippen LogP contribution in [0.2, 0.25) is 10.0 Å². The summed E-state index contributed by atoms with van der Waals surface area (Å²) in [6, 6.07) is 11.2. The number of ether oxygens (including phenoxy) is 2. The molecule has 0 aromatic heterocycles.